The third kappa shape index (κ3) is 3.26. The molecule has 0 spiro atoms. The van der Waals surface area contributed by atoms with Crippen molar-refractivity contribution in [2.24, 2.45) is 11.7 Å². The predicted octanol–water partition coefficient (Wildman–Crippen LogP) is 2.36. The Labute approximate surface area is 114 Å². The summed E-state index contributed by atoms with van der Waals surface area (Å²) < 4.78 is 0. The number of hydrogen-bond acceptors (Lipinski definition) is 3. The monoisotopic (exact) mass is 261 g/mol. The third-order valence-electron chi connectivity index (χ3n) is 3.87. The van der Waals surface area contributed by atoms with E-state index in [1.54, 1.807) is 0 Å². The highest BCUT2D eigenvalue weighted by Gasteiger charge is 2.19. The minimum Gasteiger partial charge on any atom is -0.385 e. The van der Waals surface area contributed by atoms with Crippen molar-refractivity contribution in [2.45, 2.75) is 39.2 Å². The second-order valence-electron chi connectivity index (χ2n) is 5.30. The smallest absolute Gasteiger partial charge is 0.241 e. The summed E-state index contributed by atoms with van der Waals surface area (Å²) in [7, 11) is 0. The molecule has 1 heterocycles. The van der Waals surface area contributed by atoms with E-state index >= 15 is 0 Å². The van der Waals surface area contributed by atoms with Gasteiger partial charge in [0.05, 0.1) is 6.04 Å². The average molecular weight is 261 g/mol. The minimum absolute atomic E-state index is 0.0990. The van der Waals surface area contributed by atoms with Gasteiger partial charge in [0.15, 0.2) is 0 Å². The lowest BCUT2D eigenvalue weighted by Gasteiger charge is -2.20. The van der Waals surface area contributed by atoms with Gasteiger partial charge in [0.1, 0.15) is 0 Å². The Morgan fingerprint density at radius 2 is 2.32 bits per heavy atom. The van der Waals surface area contributed by atoms with E-state index in [1.807, 2.05) is 32.0 Å². The number of aryl methyl sites for hydroxylation is 1. The summed E-state index contributed by atoms with van der Waals surface area (Å²) in [5.41, 5.74) is 9.21. The molecule has 0 radical (unpaired) electrons. The lowest BCUT2D eigenvalue weighted by atomic mass is 9.99. The van der Waals surface area contributed by atoms with Crippen LogP contribution in [0.15, 0.2) is 18.2 Å². The molecule has 0 bridgehead atoms. The highest BCUT2D eigenvalue weighted by Crippen LogP contribution is 2.25. The first-order valence-electron chi connectivity index (χ1n) is 7.05. The summed E-state index contributed by atoms with van der Waals surface area (Å²) in [5, 5.41) is 6.27. The summed E-state index contributed by atoms with van der Waals surface area (Å²) in [6.07, 6.45) is 3.10. The number of hydrogen-bond donors (Lipinski definition) is 3. The number of nitrogens with one attached hydrogen (secondary N) is 2. The summed E-state index contributed by atoms with van der Waals surface area (Å²) in [5.74, 6) is 0.0948. The largest absolute Gasteiger partial charge is 0.385 e. The van der Waals surface area contributed by atoms with Crippen molar-refractivity contribution in [2.75, 3.05) is 17.2 Å². The molecule has 0 fully saturated rings. The molecular weight excluding hydrogens is 238 g/mol. The Morgan fingerprint density at radius 3 is 3.05 bits per heavy atom. The zero-order valence-electron chi connectivity index (χ0n) is 11.7. The highest BCUT2D eigenvalue weighted by molar-refractivity contribution is 5.95. The van der Waals surface area contributed by atoms with Gasteiger partial charge in [-0.15, -0.1) is 0 Å². The standard InChI is InChI=1S/C15H23N3O/c1-3-10(2)14(16)15(19)18-12-6-7-13-11(9-12)5-4-8-17-13/h6-7,9-10,14,17H,3-5,8,16H2,1-2H3,(H,18,19). The fourth-order valence-corrected chi connectivity index (χ4v) is 2.29. The van der Waals surface area contributed by atoms with Gasteiger partial charge in [0.25, 0.3) is 0 Å². The van der Waals surface area contributed by atoms with Crippen molar-refractivity contribution in [3.63, 3.8) is 0 Å². The molecule has 19 heavy (non-hydrogen) atoms. The van der Waals surface area contributed by atoms with E-state index < -0.39 is 6.04 Å². The van der Waals surface area contributed by atoms with Crippen molar-refractivity contribution in [3.8, 4) is 0 Å². The molecule has 4 nitrogen and oxygen atoms in total. The van der Waals surface area contributed by atoms with Crippen LogP contribution in [0.3, 0.4) is 0 Å². The molecule has 0 aliphatic carbocycles. The van der Waals surface area contributed by atoms with Crippen LogP contribution in [-0.4, -0.2) is 18.5 Å². The lowest BCUT2D eigenvalue weighted by Crippen LogP contribution is -2.40. The Bertz CT molecular complexity index is 459. The molecule has 1 aliphatic rings. The van der Waals surface area contributed by atoms with E-state index in [-0.39, 0.29) is 11.8 Å². The van der Waals surface area contributed by atoms with Crippen LogP contribution in [-0.2, 0) is 11.2 Å². The molecular formula is C15H23N3O. The highest BCUT2D eigenvalue weighted by atomic mass is 16.2. The molecule has 1 aromatic carbocycles. The van der Waals surface area contributed by atoms with Crippen molar-refractivity contribution >= 4 is 17.3 Å². The first kappa shape index (κ1) is 13.9. The number of fused-ring (bicyclic) bond motifs is 1. The molecule has 0 saturated heterocycles. The Balaban J connectivity index is 2.05. The second-order valence-corrected chi connectivity index (χ2v) is 5.30. The van der Waals surface area contributed by atoms with Crippen LogP contribution >= 0.6 is 0 Å². The number of rotatable bonds is 4. The van der Waals surface area contributed by atoms with E-state index in [0.717, 1.165) is 31.5 Å². The summed E-state index contributed by atoms with van der Waals surface area (Å²) in [6.45, 7) is 5.07. The SMILES string of the molecule is CCC(C)C(N)C(=O)Nc1ccc2c(c1)CCCN2. The molecule has 2 rings (SSSR count). The molecule has 4 heteroatoms. The average Bonchev–Trinajstić information content (AvgIpc) is 2.45. The molecule has 0 saturated carbocycles. The Morgan fingerprint density at radius 1 is 1.53 bits per heavy atom. The minimum atomic E-state index is -0.445. The van der Waals surface area contributed by atoms with Gasteiger partial charge in [0.2, 0.25) is 5.91 Å². The molecule has 1 aliphatic heterocycles. The van der Waals surface area contributed by atoms with Crippen LogP contribution in [0.5, 0.6) is 0 Å². The van der Waals surface area contributed by atoms with E-state index in [4.69, 9.17) is 5.73 Å². The number of carbonyl (C=O) groups excluding carboxylic acids is 1. The van der Waals surface area contributed by atoms with Crippen molar-refractivity contribution < 1.29 is 4.79 Å². The number of anilines is 2. The van der Waals surface area contributed by atoms with E-state index in [9.17, 15) is 4.79 Å². The number of nitrogens with two attached hydrogens (primary N) is 1. The number of carbonyl (C=O) groups is 1. The van der Waals surface area contributed by atoms with Crippen LogP contribution in [0.25, 0.3) is 0 Å². The topological polar surface area (TPSA) is 67.2 Å². The molecule has 1 amide bonds. The van der Waals surface area contributed by atoms with Gasteiger partial charge in [-0.1, -0.05) is 20.3 Å². The first-order valence-corrected chi connectivity index (χ1v) is 7.05. The van der Waals surface area contributed by atoms with Gasteiger partial charge in [-0.3, -0.25) is 4.79 Å². The van der Waals surface area contributed by atoms with Gasteiger partial charge in [-0.25, -0.2) is 0 Å². The van der Waals surface area contributed by atoms with E-state index in [0.29, 0.717) is 0 Å². The molecule has 4 N–H and O–H groups in total. The summed E-state index contributed by atoms with van der Waals surface area (Å²) in [6, 6.07) is 5.55. The number of amides is 1. The molecule has 2 unspecified atom stereocenters. The van der Waals surface area contributed by atoms with Gasteiger partial charge < -0.3 is 16.4 Å². The zero-order chi connectivity index (χ0) is 13.8. The summed E-state index contributed by atoms with van der Waals surface area (Å²) in [4.78, 5) is 12.0. The first-order chi connectivity index (χ1) is 9.11. The van der Waals surface area contributed by atoms with E-state index in [2.05, 4.69) is 10.6 Å². The maximum absolute atomic E-state index is 12.0. The van der Waals surface area contributed by atoms with Gasteiger partial charge in [0, 0.05) is 17.9 Å². The van der Waals surface area contributed by atoms with Gasteiger partial charge >= 0.3 is 0 Å². The van der Waals surface area contributed by atoms with Crippen LogP contribution < -0.4 is 16.4 Å². The molecule has 2 atom stereocenters. The second kappa shape index (κ2) is 6.06. The van der Waals surface area contributed by atoms with Crippen LogP contribution in [0.4, 0.5) is 11.4 Å². The van der Waals surface area contributed by atoms with Crippen molar-refractivity contribution in [1.82, 2.24) is 0 Å². The Hall–Kier alpha value is -1.55. The lowest BCUT2D eigenvalue weighted by molar-refractivity contribution is -0.118. The fourth-order valence-electron chi connectivity index (χ4n) is 2.29. The molecule has 1 aromatic rings. The quantitative estimate of drug-likeness (QED) is 0.779. The van der Waals surface area contributed by atoms with Crippen LogP contribution in [0, 0.1) is 5.92 Å². The number of benzene rings is 1. The van der Waals surface area contributed by atoms with Crippen LogP contribution in [0.1, 0.15) is 32.3 Å². The Kier molecular flexibility index (Phi) is 4.43. The maximum Gasteiger partial charge on any atom is 0.241 e. The molecule has 104 valence electrons. The third-order valence-corrected chi connectivity index (χ3v) is 3.87. The van der Waals surface area contributed by atoms with Gasteiger partial charge in [-0.05, 0) is 42.5 Å². The molecule has 0 aromatic heterocycles. The predicted molar refractivity (Wildman–Crippen MR) is 79.3 cm³/mol. The maximum atomic E-state index is 12.0. The van der Waals surface area contributed by atoms with Gasteiger partial charge in [-0.2, -0.15) is 0 Å². The zero-order valence-corrected chi connectivity index (χ0v) is 11.7. The van der Waals surface area contributed by atoms with Crippen LogP contribution in [0.2, 0.25) is 0 Å². The normalized spacial score (nSPS) is 17.0. The fraction of sp³-hybridized carbons (Fsp3) is 0.533. The van der Waals surface area contributed by atoms with E-state index in [1.165, 1.54) is 11.3 Å². The van der Waals surface area contributed by atoms with Crippen molar-refractivity contribution in [1.29, 1.82) is 0 Å². The van der Waals surface area contributed by atoms with Crippen molar-refractivity contribution in [3.05, 3.63) is 23.8 Å². The summed E-state index contributed by atoms with van der Waals surface area (Å²) >= 11 is 0.